The summed E-state index contributed by atoms with van der Waals surface area (Å²) in [4.78, 5) is 28.9. The van der Waals surface area contributed by atoms with Gasteiger partial charge in [0.1, 0.15) is 35.8 Å². The summed E-state index contributed by atoms with van der Waals surface area (Å²) in [5, 5.41) is 6.68. The first-order valence-corrected chi connectivity index (χ1v) is 15.2. The van der Waals surface area contributed by atoms with Gasteiger partial charge in [-0.05, 0) is 77.5 Å². The Morgan fingerprint density at radius 2 is 1.93 bits per heavy atom. The van der Waals surface area contributed by atoms with Gasteiger partial charge in [0.05, 0.1) is 12.3 Å². The summed E-state index contributed by atoms with van der Waals surface area (Å²) in [6.07, 6.45) is 5.73. The fourth-order valence-corrected chi connectivity index (χ4v) is 4.92. The Morgan fingerprint density at radius 3 is 2.64 bits per heavy atom. The Kier molecular flexibility index (Phi) is 12.5. The third-order valence-electron chi connectivity index (χ3n) is 7.10. The van der Waals surface area contributed by atoms with Crippen molar-refractivity contribution in [3.05, 3.63) is 41.5 Å². The van der Waals surface area contributed by atoms with E-state index in [0.29, 0.717) is 25.3 Å². The molecule has 9 nitrogen and oxygen atoms in total. The first-order valence-electron chi connectivity index (χ1n) is 15.2. The number of aromatic nitrogens is 3. The Bertz CT molecular complexity index is 1130. The van der Waals surface area contributed by atoms with E-state index in [2.05, 4.69) is 58.4 Å². The standard InChI is InChI=1S/C32H51FN6O3/c1-31(2,3)27-19-28(36-22-35-27)38-26(30(40)42-32(4,5)6)15-18-39(20-24(33)21-41-7)17-9-8-12-25-14-13-23-11-10-16-34-29(23)37-25/h13-14,19,22,24,26H,8-12,15-18,20-21H2,1-7H3,(H,34,37)(H,35,36,38)/t24-,26-/m0/s1. The highest BCUT2D eigenvalue weighted by Crippen LogP contribution is 2.23. The smallest absolute Gasteiger partial charge is 0.329 e. The molecular weight excluding hydrogens is 535 g/mol. The monoisotopic (exact) mass is 586 g/mol. The average molecular weight is 587 g/mol. The van der Waals surface area contributed by atoms with Crippen LogP contribution >= 0.6 is 0 Å². The summed E-state index contributed by atoms with van der Waals surface area (Å²) in [6, 6.07) is 5.52. The Labute approximate surface area is 251 Å². The van der Waals surface area contributed by atoms with Crippen molar-refractivity contribution < 1.29 is 18.7 Å². The van der Waals surface area contributed by atoms with Crippen LogP contribution in [0.15, 0.2) is 24.5 Å². The highest BCUT2D eigenvalue weighted by atomic mass is 19.1. The number of esters is 1. The van der Waals surface area contributed by atoms with E-state index in [9.17, 15) is 9.18 Å². The van der Waals surface area contributed by atoms with E-state index < -0.39 is 17.8 Å². The molecule has 3 rings (SSSR count). The number of nitrogens with zero attached hydrogens (tertiary/aromatic N) is 4. The number of pyridine rings is 1. The fourth-order valence-electron chi connectivity index (χ4n) is 4.92. The molecule has 0 aliphatic carbocycles. The first kappa shape index (κ1) is 33.6. The largest absolute Gasteiger partial charge is 0.458 e. The first-order chi connectivity index (χ1) is 19.8. The number of alkyl halides is 1. The second-order valence-electron chi connectivity index (χ2n) is 13.2. The third kappa shape index (κ3) is 11.4. The molecular formula is C32H51FN6O3. The molecule has 2 atom stereocenters. The number of hydrogen-bond donors (Lipinski definition) is 2. The number of rotatable bonds is 15. The Morgan fingerprint density at radius 1 is 1.14 bits per heavy atom. The molecule has 0 amide bonds. The number of aryl methyl sites for hydroxylation is 2. The van der Waals surface area contributed by atoms with Gasteiger partial charge in [-0.3, -0.25) is 0 Å². The average Bonchev–Trinajstić information content (AvgIpc) is 2.91. The van der Waals surface area contributed by atoms with Crippen LogP contribution in [0.3, 0.4) is 0 Å². The summed E-state index contributed by atoms with van der Waals surface area (Å²) >= 11 is 0. The maximum atomic E-state index is 14.7. The molecule has 234 valence electrons. The van der Waals surface area contributed by atoms with Crippen molar-refractivity contribution in [2.75, 3.05) is 50.5 Å². The summed E-state index contributed by atoms with van der Waals surface area (Å²) in [5.74, 6) is 1.21. The fraction of sp³-hybridized carbons (Fsp3) is 0.688. The van der Waals surface area contributed by atoms with Crippen molar-refractivity contribution in [3.63, 3.8) is 0 Å². The molecule has 0 bridgehead atoms. The third-order valence-corrected chi connectivity index (χ3v) is 7.10. The highest BCUT2D eigenvalue weighted by Gasteiger charge is 2.27. The molecule has 1 aliphatic heterocycles. The number of halogens is 1. The zero-order valence-electron chi connectivity index (χ0n) is 26.6. The quantitative estimate of drug-likeness (QED) is 0.211. The van der Waals surface area contributed by atoms with E-state index in [-0.39, 0.29) is 24.5 Å². The van der Waals surface area contributed by atoms with Crippen LogP contribution in [0.5, 0.6) is 0 Å². The molecule has 3 heterocycles. The van der Waals surface area contributed by atoms with Gasteiger partial charge < -0.3 is 25.0 Å². The SMILES string of the molecule is COC[C@@H](F)CN(CCCCc1ccc2c(n1)NCCC2)CC[C@H](Nc1cc(C(C)(C)C)ncn1)C(=O)OC(C)(C)C. The molecule has 2 N–H and O–H groups in total. The van der Waals surface area contributed by atoms with Crippen LogP contribution in [0.1, 0.15) is 84.2 Å². The molecule has 0 saturated heterocycles. The van der Waals surface area contributed by atoms with Crippen molar-refractivity contribution in [2.24, 2.45) is 0 Å². The molecule has 0 spiro atoms. The van der Waals surface area contributed by atoms with Gasteiger partial charge in [0.25, 0.3) is 0 Å². The molecule has 42 heavy (non-hydrogen) atoms. The van der Waals surface area contributed by atoms with Crippen molar-refractivity contribution in [1.29, 1.82) is 0 Å². The van der Waals surface area contributed by atoms with Gasteiger partial charge in [0, 0.05) is 43.9 Å². The Balaban J connectivity index is 1.64. The van der Waals surface area contributed by atoms with E-state index in [1.54, 1.807) is 0 Å². The maximum absolute atomic E-state index is 14.7. The van der Waals surface area contributed by atoms with Crippen LogP contribution in [0, 0.1) is 0 Å². The lowest BCUT2D eigenvalue weighted by Crippen LogP contribution is -2.41. The van der Waals surface area contributed by atoms with Crippen LogP contribution in [0.4, 0.5) is 16.0 Å². The second-order valence-corrected chi connectivity index (χ2v) is 13.2. The van der Waals surface area contributed by atoms with Crippen molar-refractivity contribution in [2.45, 2.75) is 103 Å². The highest BCUT2D eigenvalue weighted by molar-refractivity contribution is 5.79. The number of carbonyl (C=O) groups is 1. The minimum absolute atomic E-state index is 0.0345. The molecule has 0 aromatic carbocycles. The number of methoxy groups -OCH3 is 1. The Hall–Kier alpha value is -2.85. The molecule has 2 aromatic heterocycles. The second kappa shape index (κ2) is 15.6. The van der Waals surface area contributed by atoms with E-state index in [0.717, 1.165) is 55.9 Å². The van der Waals surface area contributed by atoms with Crippen LogP contribution in [-0.2, 0) is 32.5 Å². The maximum Gasteiger partial charge on any atom is 0.329 e. The summed E-state index contributed by atoms with van der Waals surface area (Å²) < 4.78 is 25.5. The number of unbranched alkanes of at least 4 members (excludes halogenated alkanes) is 1. The molecule has 0 fully saturated rings. The summed E-state index contributed by atoms with van der Waals surface area (Å²) in [5.41, 5.74) is 2.43. The van der Waals surface area contributed by atoms with E-state index in [1.807, 2.05) is 26.8 Å². The zero-order chi connectivity index (χ0) is 30.8. The number of anilines is 2. The van der Waals surface area contributed by atoms with Gasteiger partial charge in [-0.15, -0.1) is 0 Å². The van der Waals surface area contributed by atoms with Crippen LogP contribution in [-0.4, -0.2) is 83.5 Å². The van der Waals surface area contributed by atoms with E-state index in [4.69, 9.17) is 14.5 Å². The molecule has 0 saturated carbocycles. The lowest BCUT2D eigenvalue weighted by atomic mass is 9.92. The molecule has 10 heteroatoms. The minimum atomic E-state index is -1.12. The number of carbonyl (C=O) groups excluding carboxylic acids is 1. The molecule has 1 aliphatic rings. The van der Waals surface area contributed by atoms with Gasteiger partial charge in [0.2, 0.25) is 0 Å². The summed E-state index contributed by atoms with van der Waals surface area (Å²) in [7, 11) is 1.51. The van der Waals surface area contributed by atoms with Gasteiger partial charge in [0.15, 0.2) is 0 Å². The van der Waals surface area contributed by atoms with E-state index in [1.165, 1.54) is 19.0 Å². The van der Waals surface area contributed by atoms with Crippen molar-refractivity contribution >= 4 is 17.6 Å². The predicted molar refractivity (Wildman–Crippen MR) is 166 cm³/mol. The number of fused-ring (bicyclic) bond motifs is 1. The molecule has 0 unspecified atom stereocenters. The van der Waals surface area contributed by atoms with Gasteiger partial charge in [-0.1, -0.05) is 26.8 Å². The van der Waals surface area contributed by atoms with Crippen LogP contribution < -0.4 is 10.6 Å². The van der Waals surface area contributed by atoms with Crippen molar-refractivity contribution in [3.8, 4) is 0 Å². The zero-order valence-corrected chi connectivity index (χ0v) is 26.6. The molecule has 0 radical (unpaired) electrons. The predicted octanol–water partition coefficient (Wildman–Crippen LogP) is 5.35. The lowest BCUT2D eigenvalue weighted by molar-refractivity contribution is -0.156. The van der Waals surface area contributed by atoms with Gasteiger partial charge in [-0.2, -0.15) is 0 Å². The lowest BCUT2D eigenvalue weighted by Gasteiger charge is -2.28. The van der Waals surface area contributed by atoms with Crippen LogP contribution in [0.2, 0.25) is 0 Å². The molecule has 2 aromatic rings. The number of hydrogen-bond acceptors (Lipinski definition) is 9. The van der Waals surface area contributed by atoms with Gasteiger partial charge >= 0.3 is 5.97 Å². The van der Waals surface area contributed by atoms with Gasteiger partial charge in [-0.25, -0.2) is 24.1 Å². The minimum Gasteiger partial charge on any atom is -0.458 e. The number of nitrogens with one attached hydrogen (secondary N) is 2. The van der Waals surface area contributed by atoms with Crippen molar-refractivity contribution in [1.82, 2.24) is 19.9 Å². The number of ether oxygens (including phenoxy) is 2. The summed E-state index contributed by atoms with van der Waals surface area (Å²) in [6.45, 7) is 14.2. The normalized spacial score (nSPS) is 15.1. The van der Waals surface area contributed by atoms with E-state index >= 15 is 0 Å². The van der Waals surface area contributed by atoms with Crippen LogP contribution in [0.25, 0.3) is 0 Å². The topological polar surface area (TPSA) is 102 Å².